The highest BCUT2D eigenvalue weighted by atomic mass is 32.2. The monoisotopic (exact) mass is 263 g/mol. The van der Waals surface area contributed by atoms with Crippen LogP contribution in [0.3, 0.4) is 0 Å². The van der Waals surface area contributed by atoms with Gasteiger partial charge in [0.1, 0.15) is 4.87 Å². The van der Waals surface area contributed by atoms with Crippen molar-refractivity contribution < 1.29 is 8.42 Å². The molecule has 0 amide bonds. The van der Waals surface area contributed by atoms with Crippen LogP contribution in [0.2, 0.25) is 0 Å². The largest absolute Gasteiger partial charge is 0.309 e. The molecule has 96 valence electrons. The summed E-state index contributed by atoms with van der Waals surface area (Å²) >= 11 is 0. The van der Waals surface area contributed by atoms with E-state index in [1.54, 1.807) is 24.3 Å². The van der Waals surface area contributed by atoms with Crippen molar-refractivity contribution in [3.05, 3.63) is 59.7 Å². The van der Waals surface area contributed by atoms with Crippen LogP contribution in [0, 0.1) is 0 Å². The van der Waals surface area contributed by atoms with Gasteiger partial charge in [-0.1, -0.05) is 48.1 Å². The Morgan fingerprint density at radius 1 is 1.28 bits per heavy atom. The molecule has 3 nitrogen and oxygen atoms in total. The van der Waals surface area contributed by atoms with Crippen LogP contribution >= 0.6 is 0 Å². The van der Waals surface area contributed by atoms with Gasteiger partial charge in [0.05, 0.1) is 5.75 Å². The lowest BCUT2D eigenvalue weighted by molar-refractivity contribution is 0.554. The Hall–Kier alpha value is -1.39. The van der Waals surface area contributed by atoms with Gasteiger partial charge in [-0.05, 0) is 18.6 Å². The Kier molecular flexibility index (Phi) is 3.41. The van der Waals surface area contributed by atoms with Gasteiger partial charge in [0.15, 0.2) is 9.84 Å². The average molecular weight is 263 g/mol. The first kappa shape index (κ1) is 13.1. The predicted molar refractivity (Wildman–Crippen MR) is 73.5 cm³/mol. The van der Waals surface area contributed by atoms with E-state index in [2.05, 4.69) is 0 Å². The van der Waals surface area contributed by atoms with E-state index in [9.17, 15) is 8.42 Å². The first-order valence-electron chi connectivity index (χ1n) is 5.84. The van der Waals surface area contributed by atoms with Gasteiger partial charge in [0.2, 0.25) is 0 Å². The summed E-state index contributed by atoms with van der Waals surface area (Å²) in [5, 5.41) is 0. The zero-order valence-electron chi connectivity index (χ0n) is 10.3. The lowest BCUT2D eigenvalue weighted by Gasteiger charge is -2.27. The molecule has 1 aliphatic carbocycles. The van der Waals surface area contributed by atoms with Gasteiger partial charge in [0.25, 0.3) is 0 Å². The third kappa shape index (κ3) is 2.54. The molecule has 2 N–H and O–H groups in total. The molecule has 0 radical (unpaired) electrons. The van der Waals surface area contributed by atoms with Gasteiger partial charge >= 0.3 is 0 Å². The number of nitrogens with two attached hydrogens (primary N) is 1. The van der Waals surface area contributed by atoms with Crippen molar-refractivity contribution in [2.24, 2.45) is 5.73 Å². The van der Waals surface area contributed by atoms with Crippen LogP contribution in [0.5, 0.6) is 0 Å². The lowest BCUT2D eigenvalue weighted by Crippen LogP contribution is -2.47. The third-order valence-corrected chi connectivity index (χ3v) is 5.32. The molecule has 0 aliphatic heterocycles. The maximum absolute atomic E-state index is 12.4. The quantitative estimate of drug-likeness (QED) is 0.909. The van der Waals surface area contributed by atoms with Gasteiger partial charge in [-0.25, -0.2) is 8.42 Å². The topological polar surface area (TPSA) is 60.2 Å². The molecule has 0 heterocycles. The highest BCUT2D eigenvalue weighted by Crippen LogP contribution is 2.27. The molecule has 1 atom stereocenters. The molecule has 1 aromatic rings. The molecule has 0 aromatic heterocycles. The summed E-state index contributed by atoms with van der Waals surface area (Å²) in [7, 11) is -3.41. The van der Waals surface area contributed by atoms with Crippen LogP contribution in [-0.2, 0) is 15.6 Å². The summed E-state index contributed by atoms with van der Waals surface area (Å²) in [5.74, 6) is -0.0262. The first-order valence-corrected chi connectivity index (χ1v) is 7.49. The van der Waals surface area contributed by atoms with E-state index in [-0.39, 0.29) is 5.75 Å². The highest BCUT2D eigenvalue weighted by Gasteiger charge is 2.37. The molecule has 18 heavy (non-hydrogen) atoms. The normalized spacial score (nSPS) is 23.8. The molecule has 1 aromatic carbocycles. The van der Waals surface area contributed by atoms with Gasteiger partial charge < -0.3 is 5.73 Å². The van der Waals surface area contributed by atoms with Crippen molar-refractivity contribution in [1.82, 2.24) is 0 Å². The second-order valence-corrected chi connectivity index (χ2v) is 6.96. The predicted octanol–water partition coefficient (Wildman–Crippen LogP) is 2.16. The lowest BCUT2D eigenvalue weighted by atomic mass is 10.0. The maximum atomic E-state index is 12.4. The molecule has 0 saturated carbocycles. The van der Waals surface area contributed by atoms with E-state index in [1.165, 1.54) is 0 Å². The Morgan fingerprint density at radius 3 is 2.50 bits per heavy atom. The minimum absolute atomic E-state index is 0.0262. The Bertz CT molecular complexity index is 587. The van der Waals surface area contributed by atoms with Gasteiger partial charge in [0, 0.05) is 6.42 Å². The van der Waals surface area contributed by atoms with Gasteiger partial charge in [-0.2, -0.15) is 0 Å². The van der Waals surface area contributed by atoms with Crippen molar-refractivity contribution in [3.63, 3.8) is 0 Å². The maximum Gasteiger partial charge on any atom is 0.176 e. The van der Waals surface area contributed by atoms with Gasteiger partial charge in [-0.3, -0.25) is 0 Å². The number of hydrogen-bond donors (Lipinski definition) is 1. The third-order valence-electron chi connectivity index (χ3n) is 3.15. The van der Waals surface area contributed by atoms with E-state index in [0.29, 0.717) is 6.42 Å². The molecule has 2 rings (SSSR count). The number of sulfone groups is 1. The Balaban J connectivity index is 2.25. The molecular formula is C14H17NO2S. The smallest absolute Gasteiger partial charge is 0.176 e. The molecule has 0 fully saturated rings. The second kappa shape index (κ2) is 4.71. The molecule has 0 saturated heterocycles. The Labute approximate surface area is 108 Å². The fourth-order valence-corrected chi connectivity index (χ4v) is 3.40. The number of rotatable bonds is 3. The van der Waals surface area contributed by atoms with Crippen LogP contribution in [-0.4, -0.2) is 13.3 Å². The van der Waals surface area contributed by atoms with Crippen molar-refractivity contribution in [2.75, 3.05) is 0 Å². The van der Waals surface area contributed by atoms with Crippen molar-refractivity contribution in [3.8, 4) is 0 Å². The summed E-state index contributed by atoms with van der Waals surface area (Å²) in [6.07, 6.45) is 5.57. The summed E-state index contributed by atoms with van der Waals surface area (Å²) in [4.78, 5) is -1.28. The number of hydrogen-bond acceptors (Lipinski definition) is 3. The highest BCUT2D eigenvalue weighted by molar-refractivity contribution is 7.92. The van der Waals surface area contributed by atoms with E-state index >= 15 is 0 Å². The zero-order valence-corrected chi connectivity index (χ0v) is 11.2. The fourth-order valence-electron chi connectivity index (χ4n) is 1.89. The number of allylic oxidation sites excluding steroid dienone is 2. The van der Waals surface area contributed by atoms with Crippen LogP contribution in [0.15, 0.2) is 54.1 Å². The minimum Gasteiger partial charge on any atom is -0.309 e. The van der Waals surface area contributed by atoms with Crippen LogP contribution < -0.4 is 5.73 Å². The van der Waals surface area contributed by atoms with Crippen LogP contribution in [0.25, 0.3) is 0 Å². The minimum atomic E-state index is -3.41. The molecule has 0 bridgehead atoms. The van der Waals surface area contributed by atoms with E-state index < -0.39 is 14.7 Å². The summed E-state index contributed by atoms with van der Waals surface area (Å²) in [6, 6.07) is 9.12. The Morgan fingerprint density at radius 2 is 1.94 bits per heavy atom. The van der Waals surface area contributed by atoms with E-state index in [4.69, 9.17) is 5.73 Å². The first-order chi connectivity index (χ1) is 8.43. The number of benzene rings is 1. The van der Waals surface area contributed by atoms with Crippen molar-refractivity contribution in [2.45, 2.75) is 24.0 Å². The molecule has 1 unspecified atom stereocenters. The molecule has 1 aliphatic rings. The van der Waals surface area contributed by atoms with Crippen molar-refractivity contribution >= 4 is 9.84 Å². The van der Waals surface area contributed by atoms with Crippen molar-refractivity contribution in [1.29, 1.82) is 0 Å². The van der Waals surface area contributed by atoms with Crippen LogP contribution in [0.4, 0.5) is 0 Å². The second-order valence-electron chi connectivity index (χ2n) is 4.69. The molecule has 0 spiro atoms. The summed E-state index contributed by atoms with van der Waals surface area (Å²) in [6.45, 7) is 1.93. The fraction of sp³-hybridized carbons (Fsp3) is 0.286. The summed E-state index contributed by atoms with van der Waals surface area (Å²) < 4.78 is 24.8. The average Bonchev–Trinajstić information content (AvgIpc) is 2.34. The SMILES string of the molecule is CC1=CCC(N)(S(=O)(=O)Cc2ccccc2)C=C1. The molecule has 4 heteroatoms. The zero-order chi connectivity index (χ0) is 13.2. The summed E-state index contributed by atoms with van der Waals surface area (Å²) in [5.41, 5.74) is 7.84. The van der Waals surface area contributed by atoms with E-state index in [0.717, 1.165) is 11.1 Å². The van der Waals surface area contributed by atoms with Gasteiger partial charge in [-0.15, -0.1) is 0 Å². The van der Waals surface area contributed by atoms with Crippen LogP contribution in [0.1, 0.15) is 18.9 Å². The standard InChI is InChI=1S/C14H17NO2S/c1-12-7-9-14(15,10-8-12)18(16,17)11-13-5-3-2-4-6-13/h2-9H,10-11,15H2,1H3. The van der Waals surface area contributed by atoms with E-state index in [1.807, 2.05) is 31.2 Å². The molecular weight excluding hydrogens is 246 g/mol.